The summed E-state index contributed by atoms with van der Waals surface area (Å²) in [4.78, 5) is 11.1. The van der Waals surface area contributed by atoms with E-state index in [0.717, 1.165) is 0 Å². The highest BCUT2D eigenvalue weighted by molar-refractivity contribution is 6.60. The van der Waals surface area contributed by atoms with E-state index in [1.807, 2.05) is 0 Å². The van der Waals surface area contributed by atoms with Crippen LogP contribution in [-0.4, -0.2) is 10.5 Å². The third-order valence-corrected chi connectivity index (χ3v) is 2.08. The number of rotatable bonds is 2. The Balaban J connectivity index is 2.87. The quantitative estimate of drug-likeness (QED) is 0.587. The molecule has 0 radical (unpaired) electrons. The maximum atomic E-state index is 12.8. The molecule has 1 rings (SSSR count). The molecule has 14 heavy (non-hydrogen) atoms. The Bertz CT molecular complexity index is 325. The van der Waals surface area contributed by atoms with Gasteiger partial charge in [-0.25, -0.2) is 4.42 Å². The molecule has 0 aliphatic carbocycles. The first-order chi connectivity index (χ1) is 6.43. The molecular formula is C8H5Cl3FNO. The topological polar surface area (TPSA) is 20.3 Å². The molecule has 0 spiro atoms. The van der Waals surface area contributed by atoms with Crippen LogP contribution in [0.5, 0.6) is 0 Å². The summed E-state index contributed by atoms with van der Waals surface area (Å²) in [5, 5.41) is 0. The third kappa shape index (κ3) is 2.74. The molecule has 0 heterocycles. The summed E-state index contributed by atoms with van der Waals surface area (Å²) in [7, 11) is 0. The third-order valence-electron chi connectivity index (χ3n) is 1.40. The second-order valence-electron chi connectivity index (χ2n) is 2.42. The van der Waals surface area contributed by atoms with Crippen LogP contribution in [-0.2, 0) is 4.79 Å². The molecule has 1 amide bonds. The van der Waals surface area contributed by atoms with Gasteiger partial charge in [0.15, 0.2) is 0 Å². The number of carbonyl (C=O) groups is 1. The number of anilines is 1. The minimum Gasteiger partial charge on any atom is -0.266 e. The normalized spacial score (nSPS) is 11.1. The molecule has 0 aromatic heterocycles. The number of hydrogen-bond donors (Lipinski definition) is 0. The van der Waals surface area contributed by atoms with E-state index < -0.39 is 10.5 Å². The number of hydrogen-bond acceptors (Lipinski definition) is 1. The van der Waals surface area contributed by atoms with Gasteiger partial charge in [0, 0.05) is 11.8 Å². The Kier molecular flexibility index (Phi) is 3.59. The Hall–Kier alpha value is -0.510. The lowest BCUT2D eigenvalue weighted by Gasteiger charge is -2.16. The van der Waals surface area contributed by atoms with Gasteiger partial charge in [-0.05, 0) is 12.1 Å². The predicted molar refractivity (Wildman–Crippen MR) is 55.3 cm³/mol. The highest BCUT2D eigenvalue weighted by Gasteiger charge is 2.37. The molecule has 0 aliphatic rings. The number of nitrogens with zero attached hydrogens (tertiary/aromatic N) is 1. The van der Waals surface area contributed by atoms with Crippen molar-refractivity contribution >= 4 is 46.6 Å². The van der Waals surface area contributed by atoms with E-state index in [2.05, 4.69) is 0 Å². The highest BCUT2D eigenvalue weighted by Crippen LogP contribution is 2.29. The van der Waals surface area contributed by atoms with Crippen LogP contribution in [0, 0.1) is 0 Å². The molecule has 0 unspecified atom stereocenters. The fourth-order valence-corrected chi connectivity index (χ4v) is 1.27. The van der Waals surface area contributed by atoms with E-state index in [1.165, 1.54) is 12.1 Å². The summed E-state index contributed by atoms with van der Waals surface area (Å²) < 4.78 is 10.3. The van der Waals surface area contributed by atoms with Crippen molar-refractivity contribution in [2.75, 3.05) is 4.42 Å². The molecule has 76 valence electrons. The van der Waals surface area contributed by atoms with Crippen molar-refractivity contribution in [3.63, 3.8) is 0 Å². The van der Waals surface area contributed by atoms with Crippen LogP contribution in [0.15, 0.2) is 30.3 Å². The fourth-order valence-electron chi connectivity index (χ4n) is 0.787. The number of carbonyl (C=O) groups excluding carboxylic acids is 1. The zero-order valence-corrected chi connectivity index (χ0v) is 9.02. The van der Waals surface area contributed by atoms with E-state index >= 15 is 0 Å². The smallest absolute Gasteiger partial charge is 0.266 e. The Morgan fingerprint density at radius 1 is 1.29 bits per heavy atom. The first-order valence-electron chi connectivity index (χ1n) is 3.55. The van der Waals surface area contributed by atoms with E-state index in [4.69, 9.17) is 35.0 Å². The number of para-hydroxylation sites is 1. The van der Waals surface area contributed by atoms with E-state index in [9.17, 15) is 9.18 Å². The van der Waals surface area contributed by atoms with Crippen LogP contribution in [0.2, 0.25) is 0 Å². The average Bonchev–Trinajstić information content (AvgIpc) is 2.15. The maximum Gasteiger partial charge on any atom is 0.337 e. The van der Waals surface area contributed by atoms with Crippen molar-refractivity contribution in [3.05, 3.63) is 30.3 Å². The molecule has 0 saturated carbocycles. The molecule has 0 aliphatic heterocycles. The first kappa shape index (κ1) is 11.6. The Morgan fingerprint density at radius 2 is 1.79 bits per heavy atom. The van der Waals surface area contributed by atoms with Crippen LogP contribution in [0.25, 0.3) is 0 Å². The van der Waals surface area contributed by atoms with Gasteiger partial charge in [-0.2, -0.15) is 4.39 Å². The first-order valence-corrected chi connectivity index (χ1v) is 4.64. The van der Waals surface area contributed by atoms with Crippen molar-refractivity contribution in [2.45, 2.75) is 4.59 Å². The van der Waals surface area contributed by atoms with Gasteiger partial charge in [-0.15, -0.1) is 0 Å². The van der Waals surface area contributed by atoms with Gasteiger partial charge < -0.3 is 0 Å². The van der Waals surface area contributed by atoms with Crippen molar-refractivity contribution < 1.29 is 9.18 Å². The highest BCUT2D eigenvalue weighted by atomic mass is 35.5. The lowest BCUT2D eigenvalue weighted by atomic mass is 10.3. The summed E-state index contributed by atoms with van der Waals surface area (Å²) in [6.07, 6.45) is 0. The lowest BCUT2D eigenvalue weighted by Crippen LogP contribution is -2.33. The van der Waals surface area contributed by atoms with Gasteiger partial charge in [0.1, 0.15) is 0 Å². The van der Waals surface area contributed by atoms with Crippen LogP contribution in [0.3, 0.4) is 0 Å². The second kappa shape index (κ2) is 4.34. The molecule has 0 bridgehead atoms. The van der Waals surface area contributed by atoms with Gasteiger partial charge >= 0.3 is 10.5 Å². The predicted octanol–water partition coefficient (Wildman–Crippen LogP) is 3.27. The van der Waals surface area contributed by atoms with Crippen molar-refractivity contribution in [2.24, 2.45) is 0 Å². The summed E-state index contributed by atoms with van der Waals surface area (Å²) in [5.74, 6) is -1.24. The van der Waals surface area contributed by atoms with Gasteiger partial charge in [0.25, 0.3) is 0 Å². The van der Waals surface area contributed by atoms with E-state index in [0.29, 0.717) is 10.1 Å². The molecule has 1 aromatic rings. The maximum absolute atomic E-state index is 12.8. The van der Waals surface area contributed by atoms with E-state index in [1.54, 1.807) is 18.2 Å². The SMILES string of the molecule is O=C(N(Cl)c1ccccc1)C(F)(Cl)Cl. The van der Waals surface area contributed by atoms with Crippen LogP contribution < -0.4 is 4.42 Å². The van der Waals surface area contributed by atoms with Gasteiger partial charge in [-0.3, -0.25) is 4.79 Å². The summed E-state index contributed by atoms with van der Waals surface area (Å²) >= 11 is 15.4. The summed E-state index contributed by atoms with van der Waals surface area (Å²) in [6, 6.07) is 8.04. The van der Waals surface area contributed by atoms with E-state index in [-0.39, 0.29) is 0 Å². The Morgan fingerprint density at radius 3 is 2.21 bits per heavy atom. The molecule has 0 atom stereocenters. The van der Waals surface area contributed by atoms with Crippen LogP contribution in [0.4, 0.5) is 10.1 Å². The molecule has 1 aromatic carbocycles. The number of halogens is 4. The fraction of sp³-hybridized carbons (Fsp3) is 0.125. The second-order valence-corrected chi connectivity index (χ2v) is 3.99. The van der Waals surface area contributed by atoms with Crippen molar-refractivity contribution in [1.82, 2.24) is 0 Å². The number of benzene rings is 1. The minimum atomic E-state index is -3.02. The van der Waals surface area contributed by atoms with Crippen molar-refractivity contribution in [3.8, 4) is 0 Å². The van der Waals surface area contributed by atoms with Crippen LogP contribution >= 0.6 is 35.0 Å². The zero-order valence-electron chi connectivity index (χ0n) is 6.75. The zero-order chi connectivity index (χ0) is 10.8. The van der Waals surface area contributed by atoms with Crippen molar-refractivity contribution in [1.29, 1.82) is 0 Å². The molecule has 6 heteroatoms. The van der Waals surface area contributed by atoms with Crippen LogP contribution in [0.1, 0.15) is 0 Å². The largest absolute Gasteiger partial charge is 0.337 e. The summed E-state index contributed by atoms with van der Waals surface area (Å²) in [6.45, 7) is 0. The molecular weight excluding hydrogens is 251 g/mol. The number of amides is 1. The standard InChI is InChI=1S/C8H5Cl3FNO/c9-8(10,12)7(14)13(11)6-4-2-1-3-5-6/h1-5H. The van der Waals surface area contributed by atoms with Gasteiger partial charge in [0.2, 0.25) is 0 Å². The lowest BCUT2D eigenvalue weighted by molar-refractivity contribution is -0.121. The number of alkyl halides is 3. The molecule has 0 N–H and O–H groups in total. The molecule has 0 fully saturated rings. The summed E-state index contributed by atoms with van der Waals surface area (Å²) in [5.41, 5.74) is 0.294. The van der Waals surface area contributed by atoms with Gasteiger partial charge in [-0.1, -0.05) is 41.4 Å². The molecule has 0 saturated heterocycles. The Labute approximate surface area is 95.3 Å². The minimum absolute atomic E-state index is 0.294. The average molecular weight is 256 g/mol. The van der Waals surface area contributed by atoms with Gasteiger partial charge in [0.05, 0.1) is 5.69 Å². The monoisotopic (exact) mass is 255 g/mol. The molecule has 2 nitrogen and oxygen atoms in total.